The second kappa shape index (κ2) is 13.2. The number of hydrogen-bond acceptors (Lipinski definition) is 4. The molecular formula is C30H46N4OS. The number of carbonyl (C=O) groups excluding carboxylic acids is 1. The van der Waals surface area contributed by atoms with Gasteiger partial charge >= 0.3 is 0 Å². The second-order valence-electron chi connectivity index (χ2n) is 10.7. The van der Waals surface area contributed by atoms with Crippen LogP contribution in [0, 0.1) is 12.3 Å². The molecule has 2 rings (SSSR count). The predicted molar refractivity (Wildman–Crippen MR) is 156 cm³/mol. The van der Waals surface area contributed by atoms with Crippen LogP contribution >= 0.6 is 11.8 Å². The smallest absolute Gasteiger partial charge is 0.225 e. The highest BCUT2D eigenvalue weighted by molar-refractivity contribution is 8.03. The lowest BCUT2D eigenvalue weighted by Gasteiger charge is -2.31. The summed E-state index contributed by atoms with van der Waals surface area (Å²) in [5.74, 6) is 0.868. The van der Waals surface area contributed by atoms with Gasteiger partial charge in [0.15, 0.2) is 0 Å². The number of nitrogens with one attached hydrogen (secondary N) is 1. The van der Waals surface area contributed by atoms with Crippen molar-refractivity contribution in [3.63, 3.8) is 0 Å². The van der Waals surface area contributed by atoms with Crippen LogP contribution in [-0.4, -0.2) is 29.7 Å². The fraction of sp³-hybridized carbons (Fsp3) is 0.533. The normalized spacial score (nSPS) is 15.2. The van der Waals surface area contributed by atoms with Gasteiger partial charge in [-0.3, -0.25) is 4.79 Å². The maximum Gasteiger partial charge on any atom is 0.225 e. The van der Waals surface area contributed by atoms with Crippen molar-refractivity contribution < 1.29 is 4.79 Å². The van der Waals surface area contributed by atoms with Gasteiger partial charge in [0.25, 0.3) is 0 Å². The molecule has 0 aliphatic heterocycles. The first-order valence-corrected chi connectivity index (χ1v) is 13.9. The van der Waals surface area contributed by atoms with Gasteiger partial charge in [0.05, 0.1) is 5.03 Å². The summed E-state index contributed by atoms with van der Waals surface area (Å²) in [7, 11) is 0. The van der Waals surface area contributed by atoms with Crippen LogP contribution in [0.2, 0.25) is 0 Å². The number of hydrogen-bond donors (Lipinski definition) is 2. The van der Waals surface area contributed by atoms with E-state index in [0.717, 1.165) is 36.4 Å². The number of amidine groups is 1. The number of thioether (sulfide) groups is 1. The average molecular weight is 511 g/mol. The van der Waals surface area contributed by atoms with Crippen LogP contribution < -0.4 is 11.1 Å². The lowest BCUT2D eigenvalue weighted by molar-refractivity contribution is -0.128. The van der Waals surface area contributed by atoms with Crippen molar-refractivity contribution in [3.05, 3.63) is 63.5 Å². The van der Waals surface area contributed by atoms with Crippen LogP contribution in [0.25, 0.3) is 0 Å². The van der Waals surface area contributed by atoms with Crippen molar-refractivity contribution in [2.75, 3.05) is 13.1 Å². The van der Waals surface area contributed by atoms with Crippen molar-refractivity contribution in [1.29, 1.82) is 0 Å². The Kier molecular flexibility index (Phi) is 10.9. The van der Waals surface area contributed by atoms with Crippen LogP contribution in [0.4, 0.5) is 0 Å². The minimum atomic E-state index is -0.407. The molecule has 3 N–H and O–H groups in total. The quantitative estimate of drug-likeness (QED) is 0.156. The van der Waals surface area contributed by atoms with Gasteiger partial charge in [-0.05, 0) is 88.1 Å². The highest BCUT2D eigenvalue weighted by Crippen LogP contribution is 2.38. The number of nitrogens with two attached hydrogens (primary N) is 1. The molecule has 0 aromatic heterocycles. The third-order valence-electron chi connectivity index (χ3n) is 6.66. The molecule has 1 amide bonds. The Labute approximate surface area is 223 Å². The Hall–Kier alpha value is -2.47. The van der Waals surface area contributed by atoms with E-state index in [9.17, 15) is 4.79 Å². The van der Waals surface area contributed by atoms with E-state index in [1.165, 1.54) is 45.0 Å². The summed E-state index contributed by atoms with van der Waals surface area (Å²) < 4.78 is 0. The van der Waals surface area contributed by atoms with Crippen molar-refractivity contribution in [2.24, 2.45) is 16.1 Å². The number of allylic oxidation sites excluding steroid dienone is 2. The topological polar surface area (TPSA) is 70.7 Å². The predicted octanol–water partition coefficient (Wildman–Crippen LogP) is 6.87. The molecule has 0 fully saturated rings. The van der Waals surface area contributed by atoms with Crippen LogP contribution in [0.5, 0.6) is 0 Å². The summed E-state index contributed by atoms with van der Waals surface area (Å²) in [5.41, 5.74) is 13.1. The summed E-state index contributed by atoms with van der Waals surface area (Å²) in [4.78, 5) is 20.7. The molecule has 6 heteroatoms. The van der Waals surface area contributed by atoms with Crippen molar-refractivity contribution >= 4 is 23.5 Å². The third-order valence-corrected chi connectivity index (χ3v) is 8.08. The number of benzene rings is 1. The molecule has 1 aromatic rings. The SMILES string of the molecule is C=CN=C(/C(C)=C(\C)N)N(CCCNC(=O)C(C)(C)C)/C(Sc1cc2c(cc1C)CCC2)=C(/C)CC. The Morgan fingerprint density at radius 1 is 1.22 bits per heavy atom. The summed E-state index contributed by atoms with van der Waals surface area (Å²) in [6.45, 7) is 21.5. The van der Waals surface area contributed by atoms with Gasteiger partial charge in [0.2, 0.25) is 5.91 Å². The summed E-state index contributed by atoms with van der Waals surface area (Å²) in [6, 6.07) is 4.75. The first-order chi connectivity index (χ1) is 16.9. The first kappa shape index (κ1) is 29.8. The molecule has 0 spiro atoms. The number of carbonyl (C=O) groups is 1. The van der Waals surface area contributed by atoms with Gasteiger partial charge in [-0.2, -0.15) is 0 Å². The number of fused-ring (bicyclic) bond motifs is 1. The minimum Gasteiger partial charge on any atom is -0.402 e. The molecule has 0 bridgehead atoms. The van der Waals surface area contributed by atoms with Gasteiger partial charge < -0.3 is 16.0 Å². The molecule has 36 heavy (non-hydrogen) atoms. The van der Waals surface area contributed by atoms with E-state index < -0.39 is 5.41 Å². The Morgan fingerprint density at radius 3 is 2.42 bits per heavy atom. The van der Waals surface area contributed by atoms with Crippen LogP contribution in [0.1, 0.15) is 84.4 Å². The molecule has 198 valence electrons. The molecule has 1 aromatic carbocycles. The fourth-order valence-electron chi connectivity index (χ4n) is 4.10. The van der Waals surface area contributed by atoms with Gasteiger partial charge in [-0.15, -0.1) is 0 Å². The Balaban J connectivity index is 2.47. The van der Waals surface area contributed by atoms with E-state index in [1.807, 2.05) is 46.4 Å². The van der Waals surface area contributed by atoms with Crippen molar-refractivity contribution in [1.82, 2.24) is 10.2 Å². The third kappa shape index (κ3) is 7.76. The number of rotatable bonds is 10. The second-order valence-corrected chi connectivity index (χ2v) is 11.8. The van der Waals surface area contributed by atoms with E-state index in [1.54, 1.807) is 6.20 Å². The van der Waals surface area contributed by atoms with E-state index >= 15 is 0 Å². The molecule has 1 aliphatic rings. The molecule has 0 unspecified atom stereocenters. The van der Waals surface area contributed by atoms with Gasteiger partial charge in [0, 0.05) is 40.9 Å². The van der Waals surface area contributed by atoms with E-state index in [4.69, 9.17) is 10.7 Å². The van der Waals surface area contributed by atoms with Gasteiger partial charge in [-0.25, -0.2) is 4.99 Å². The summed E-state index contributed by atoms with van der Waals surface area (Å²) in [5, 5.41) is 4.25. The lowest BCUT2D eigenvalue weighted by atomic mass is 9.96. The Bertz CT molecular complexity index is 1060. The highest BCUT2D eigenvalue weighted by Gasteiger charge is 2.24. The van der Waals surface area contributed by atoms with Gasteiger partial charge in [-0.1, -0.05) is 52.1 Å². The van der Waals surface area contributed by atoms with Crippen LogP contribution in [-0.2, 0) is 17.6 Å². The van der Waals surface area contributed by atoms with E-state index in [-0.39, 0.29) is 5.91 Å². The minimum absolute atomic E-state index is 0.0616. The largest absolute Gasteiger partial charge is 0.402 e. The van der Waals surface area contributed by atoms with E-state index in [0.29, 0.717) is 13.1 Å². The molecule has 0 saturated heterocycles. The number of amides is 1. The molecule has 1 aliphatic carbocycles. The van der Waals surface area contributed by atoms with Crippen molar-refractivity contribution in [2.45, 2.75) is 92.4 Å². The molecule has 0 heterocycles. The molecule has 0 radical (unpaired) electrons. The fourth-order valence-corrected chi connectivity index (χ4v) is 5.34. The lowest BCUT2D eigenvalue weighted by Crippen LogP contribution is -2.38. The zero-order valence-electron chi connectivity index (χ0n) is 23.7. The maximum absolute atomic E-state index is 12.4. The summed E-state index contributed by atoms with van der Waals surface area (Å²) in [6.07, 6.45) is 6.86. The molecule has 5 nitrogen and oxygen atoms in total. The van der Waals surface area contributed by atoms with E-state index in [2.05, 4.69) is 49.7 Å². The highest BCUT2D eigenvalue weighted by atomic mass is 32.2. The molecule has 0 atom stereocenters. The van der Waals surface area contributed by atoms with Crippen LogP contribution in [0.15, 0.2) is 56.7 Å². The number of aryl methyl sites for hydroxylation is 3. The van der Waals surface area contributed by atoms with Crippen molar-refractivity contribution in [3.8, 4) is 0 Å². The Morgan fingerprint density at radius 2 is 1.86 bits per heavy atom. The summed E-state index contributed by atoms with van der Waals surface area (Å²) >= 11 is 1.81. The number of nitrogens with zero attached hydrogens (tertiary/aromatic N) is 2. The standard InChI is InChI=1S/C30H46N4OS/c1-10-20(3)28(36-26-19-25-15-12-14-24(25)18-21(26)4)34(27(32-11-2)22(5)23(6)31)17-13-16-33-29(35)30(7,8)9/h11,18-19H,2,10,12-17,31H2,1,3-9H3,(H,33,35)/b23-22+,28-20+,32-27?. The first-order valence-electron chi connectivity index (χ1n) is 13.1. The van der Waals surface area contributed by atoms with Gasteiger partial charge in [0.1, 0.15) is 5.84 Å². The molecular weight excluding hydrogens is 464 g/mol. The maximum atomic E-state index is 12.4. The monoisotopic (exact) mass is 510 g/mol. The zero-order chi connectivity index (χ0) is 27.0. The number of aliphatic imine (C=N–C) groups is 1. The average Bonchev–Trinajstić information content (AvgIpc) is 3.27. The zero-order valence-corrected chi connectivity index (χ0v) is 24.5. The van der Waals surface area contributed by atoms with Crippen LogP contribution in [0.3, 0.4) is 0 Å². The molecule has 0 saturated carbocycles.